The fraction of sp³-hybridized carbons (Fsp3) is 0.240. The molecule has 2 aromatic carbocycles. The van der Waals surface area contributed by atoms with E-state index in [9.17, 15) is 23.2 Å². The minimum Gasteiger partial charge on any atom is -0.347 e. The van der Waals surface area contributed by atoms with E-state index in [1.807, 2.05) is 6.07 Å². The maximum Gasteiger partial charge on any atom is 0.416 e. The third-order valence-electron chi connectivity index (χ3n) is 5.97. The lowest BCUT2D eigenvalue weighted by Crippen LogP contribution is -2.34. The summed E-state index contributed by atoms with van der Waals surface area (Å²) in [6, 6.07) is 13.2. The van der Waals surface area contributed by atoms with Crippen LogP contribution in [0.5, 0.6) is 0 Å². The van der Waals surface area contributed by atoms with Gasteiger partial charge in [0.2, 0.25) is 11.9 Å². The fourth-order valence-corrected chi connectivity index (χ4v) is 4.09. The number of benzene rings is 2. The lowest BCUT2D eigenvalue weighted by Gasteiger charge is -2.34. The van der Waals surface area contributed by atoms with Gasteiger partial charge in [0, 0.05) is 25.5 Å². The minimum absolute atomic E-state index is 0.0590. The van der Waals surface area contributed by atoms with Crippen molar-refractivity contribution in [3.8, 4) is 12.1 Å². The monoisotopic (exact) mass is 506 g/mol. The molecular weight excluding hydrogens is 485 g/mol. The van der Waals surface area contributed by atoms with Gasteiger partial charge in [-0.1, -0.05) is 18.2 Å². The van der Waals surface area contributed by atoms with Crippen LogP contribution in [0.4, 0.5) is 24.8 Å². The fourth-order valence-electron chi connectivity index (χ4n) is 4.09. The largest absolute Gasteiger partial charge is 0.416 e. The minimum atomic E-state index is -4.59. The van der Waals surface area contributed by atoms with Crippen LogP contribution in [0.1, 0.15) is 41.5 Å². The van der Waals surface area contributed by atoms with Gasteiger partial charge in [0.15, 0.2) is 5.82 Å². The molecule has 0 spiro atoms. The molecule has 2 N–H and O–H groups in total. The summed E-state index contributed by atoms with van der Waals surface area (Å²) >= 11 is 0. The lowest BCUT2D eigenvalue weighted by atomic mass is 9.95. The molecule has 1 aliphatic heterocycles. The second kappa shape index (κ2) is 9.41. The SMILES string of the molecule is CC1=C(C#N)[C@@H](c2ccc(C#N)cc2)n2nc(C(N)C(=O)N(C)C)nc2N1c1cccc(C(F)(F)F)c1. The molecule has 0 radical (unpaired) electrons. The topological polar surface area (TPSA) is 128 Å². The quantitative estimate of drug-likeness (QED) is 0.570. The number of carbonyl (C=O) groups excluding carboxylic acids is 1. The Balaban J connectivity index is 1.97. The average molecular weight is 506 g/mol. The maximum atomic E-state index is 13.5. The van der Waals surface area contributed by atoms with Crippen LogP contribution >= 0.6 is 0 Å². The van der Waals surface area contributed by atoms with E-state index >= 15 is 0 Å². The van der Waals surface area contributed by atoms with Crippen molar-refractivity contribution in [1.82, 2.24) is 19.7 Å². The van der Waals surface area contributed by atoms with E-state index in [1.54, 1.807) is 31.2 Å². The zero-order valence-electron chi connectivity index (χ0n) is 20.0. The number of amides is 1. The number of rotatable bonds is 4. The van der Waals surface area contributed by atoms with Crippen LogP contribution in [0, 0.1) is 22.7 Å². The van der Waals surface area contributed by atoms with Crippen molar-refractivity contribution in [2.75, 3.05) is 19.0 Å². The Kier molecular flexibility index (Phi) is 6.46. The van der Waals surface area contributed by atoms with Gasteiger partial charge >= 0.3 is 6.18 Å². The Morgan fingerprint density at radius 2 is 1.81 bits per heavy atom. The number of aromatic nitrogens is 3. The second-order valence-corrected chi connectivity index (χ2v) is 8.56. The third-order valence-corrected chi connectivity index (χ3v) is 5.97. The van der Waals surface area contributed by atoms with Crippen LogP contribution in [0.25, 0.3) is 0 Å². The predicted octanol–water partition coefficient (Wildman–Crippen LogP) is 3.80. The smallest absolute Gasteiger partial charge is 0.347 e. The molecule has 37 heavy (non-hydrogen) atoms. The van der Waals surface area contributed by atoms with E-state index in [2.05, 4.69) is 16.2 Å². The molecule has 9 nitrogen and oxygen atoms in total. The van der Waals surface area contributed by atoms with Crippen molar-refractivity contribution < 1.29 is 18.0 Å². The van der Waals surface area contributed by atoms with Crippen molar-refractivity contribution >= 4 is 17.5 Å². The van der Waals surface area contributed by atoms with E-state index in [1.165, 1.54) is 40.7 Å². The Hall–Kier alpha value is -4.68. The number of nitrogens with zero attached hydrogens (tertiary/aromatic N) is 7. The number of alkyl halides is 3. The van der Waals surface area contributed by atoms with Crippen LogP contribution in [0.15, 0.2) is 59.8 Å². The van der Waals surface area contributed by atoms with Gasteiger partial charge in [0.1, 0.15) is 12.1 Å². The Morgan fingerprint density at radius 1 is 1.14 bits per heavy atom. The highest BCUT2D eigenvalue weighted by Gasteiger charge is 2.38. The van der Waals surface area contributed by atoms with Gasteiger partial charge in [-0.15, -0.1) is 0 Å². The number of hydrogen-bond acceptors (Lipinski definition) is 7. The number of nitrogens with two attached hydrogens (primary N) is 1. The summed E-state index contributed by atoms with van der Waals surface area (Å²) in [7, 11) is 3.04. The summed E-state index contributed by atoms with van der Waals surface area (Å²) in [4.78, 5) is 19.7. The molecule has 0 bridgehead atoms. The van der Waals surface area contributed by atoms with E-state index in [-0.39, 0.29) is 23.0 Å². The van der Waals surface area contributed by atoms with E-state index in [0.29, 0.717) is 16.8 Å². The molecule has 188 valence electrons. The number of halogens is 3. The molecular formula is C25H21F3N8O. The van der Waals surface area contributed by atoms with Gasteiger partial charge in [-0.3, -0.25) is 9.69 Å². The first-order chi connectivity index (χ1) is 17.5. The van der Waals surface area contributed by atoms with Crippen LogP contribution in [-0.4, -0.2) is 39.7 Å². The molecule has 1 amide bonds. The van der Waals surface area contributed by atoms with Crippen LogP contribution in [-0.2, 0) is 11.0 Å². The van der Waals surface area contributed by atoms with Crippen LogP contribution < -0.4 is 10.6 Å². The van der Waals surface area contributed by atoms with E-state index < -0.39 is 29.7 Å². The predicted molar refractivity (Wildman–Crippen MR) is 127 cm³/mol. The molecule has 0 saturated carbocycles. The zero-order chi connectivity index (χ0) is 27.1. The van der Waals surface area contributed by atoms with E-state index in [0.717, 1.165) is 12.1 Å². The molecule has 1 aromatic heterocycles. The molecule has 1 aliphatic rings. The lowest BCUT2D eigenvalue weighted by molar-refractivity contribution is -0.137. The highest BCUT2D eigenvalue weighted by Crippen LogP contribution is 2.43. The summed E-state index contributed by atoms with van der Waals surface area (Å²) in [5, 5.41) is 23.7. The van der Waals surface area contributed by atoms with Gasteiger partial charge in [-0.2, -0.15) is 33.8 Å². The van der Waals surface area contributed by atoms with Gasteiger partial charge in [0.25, 0.3) is 0 Å². The Bertz CT molecular complexity index is 1480. The Morgan fingerprint density at radius 3 is 2.38 bits per heavy atom. The molecule has 2 heterocycles. The summed E-state index contributed by atoms with van der Waals surface area (Å²) in [5.41, 5.74) is 6.87. The molecule has 0 aliphatic carbocycles. The van der Waals surface area contributed by atoms with Crippen LogP contribution in [0.2, 0.25) is 0 Å². The number of allylic oxidation sites excluding steroid dienone is 2. The van der Waals surface area contributed by atoms with Gasteiger partial charge < -0.3 is 10.6 Å². The molecule has 2 atom stereocenters. The standard InChI is InChI=1S/C25H21F3N8O/c1-14-19(13-30)21(16-9-7-15(12-29)8-10-16)36-24(32-22(33-36)20(31)23(37)34(2)3)35(14)18-6-4-5-17(11-18)25(26,27)28/h4-11,20-21H,31H2,1-3H3/t20?,21-/m1/s1. The summed E-state index contributed by atoms with van der Waals surface area (Å²) < 4.78 is 41.8. The number of fused-ring (bicyclic) bond motifs is 1. The maximum absolute atomic E-state index is 13.5. The summed E-state index contributed by atoms with van der Waals surface area (Å²) in [6.07, 6.45) is -4.59. The highest BCUT2D eigenvalue weighted by molar-refractivity contribution is 5.82. The van der Waals surface area contributed by atoms with Crippen molar-refractivity contribution in [2.45, 2.75) is 25.2 Å². The van der Waals surface area contributed by atoms with Gasteiger partial charge in [-0.05, 0) is 42.8 Å². The van der Waals surface area contributed by atoms with Crippen LogP contribution in [0.3, 0.4) is 0 Å². The van der Waals surface area contributed by atoms with E-state index in [4.69, 9.17) is 11.0 Å². The molecule has 1 unspecified atom stereocenters. The first-order valence-corrected chi connectivity index (χ1v) is 11.0. The first kappa shape index (κ1) is 25.4. The normalized spacial score (nSPS) is 16.0. The number of anilines is 2. The number of carbonyl (C=O) groups is 1. The summed E-state index contributed by atoms with van der Waals surface area (Å²) in [6.45, 7) is 1.60. The molecule has 4 rings (SSSR count). The number of likely N-dealkylation sites (N-methyl/N-ethyl adjacent to an activating group) is 1. The molecule has 3 aromatic rings. The first-order valence-electron chi connectivity index (χ1n) is 11.0. The molecule has 0 fully saturated rings. The number of nitriles is 2. The van der Waals surface area contributed by atoms with Gasteiger partial charge in [0.05, 0.1) is 28.8 Å². The average Bonchev–Trinajstić information content (AvgIpc) is 3.31. The van der Waals surface area contributed by atoms with Gasteiger partial charge in [-0.25, -0.2) is 4.68 Å². The zero-order valence-corrected chi connectivity index (χ0v) is 20.0. The second-order valence-electron chi connectivity index (χ2n) is 8.56. The molecule has 12 heteroatoms. The summed E-state index contributed by atoms with van der Waals surface area (Å²) in [5.74, 6) is -0.452. The van der Waals surface area contributed by atoms with Crippen molar-refractivity contribution in [1.29, 1.82) is 10.5 Å². The molecule has 0 saturated heterocycles. The van der Waals surface area contributed by atoms with Crippen molar-refractivity contribution in [3.05, 3.63) is 82.3 Å². The van der Waals surface area contributed by atoms with Crippen molar-refractivity contribution in [2.24, 2.45) is 5.73 Å². The van der Waals surface area contributed by atoms with Crippen molar-refractivity contribution in [3.63, 3.8) is 0 Å². The highest BCUT2D eigenvalue weighted by atomic mass is 19.4. The third kappa shape index (κ3) is 4.50. The Labute approximate surface area is 210 Å². The number of hydrogen-bond donors (Lipinski definition) is 1.